The molecule has 1 saturated heterocycles. The summed E-state index contributed by atoms with van der Waals surface area (Å²) in [5.41, 5.74) is 4.48. The molecule has 9 heteroatoms. The molecular weight excluding hydrogens is 432 g/mol. The van der Waals surface area contributed by atoms with E-state index in [4.69, 9.17) is 16.3 Å². The molecule has 1 aliphatic rings. The number of amides is 2. The van der Waals surface area contributed by atoms with Gasteiger partial charge in [0.15, 0.2) is 0 Å². The minimum Gasteiger partial charge on any atom is -0.444 e. The van der Waals surface area contributed by atoms with E-state index in [0.29, 0.717) is 48.1 Å². The maximum Gasteiger partial charge on any atom is 0.410 e. The summed E-state index contributed by atoms with van der Waals surface area (Å²) in [7, 11) is 0. The number of nitrogens with one attached hydrogen (secondary N) is 2. The Morgan fingerprint density at radius 2 is 1.66 bits per heavy atom. The van der Waals surface area contributed by atoms with Crippen LogP contribution >= 0.6 is 11.6 Å². The molecule has 0 unspecified atom stereocenters. The van der Waals surface area contributed by atoms with Gasteiger partial charge in [-0.25, -0.2) is 4.79 Å². The zero-order valence-corrected chi connectivity index (χ0v) is 19.5. The van der Waals surface area contributed by atoms with Gasteiger partial charge in [-0.3, -0.25) is 15.5 Å². The number of benzene rings is 2. The highest BCUT2D eigenvalue weighted by atomic mass is 35.5. The van der Waals surface area contributed by atoms with Gasteiger partial charge in [-0.05, 0) is 52.0 Å². The molecule has 32 heavy (non-hydrogen) atoms. The van der Waals surface area contributed by atoms with E-state index < -0.39 is 5.60 Å². The number of piperazine rings is 1. The van der Waals surface area contributed by atoms with Crippen molar-refractivity contribution in [1.29, 1.82) is 0 Å². The maximum absolute atomic E-state index is 12.7. The third-order valence-electron chi connectivity index (χ3n) is 5.04. The highest BCUT2D eigenvalue weighted by Gasteiger charge is 2.27. The largest absolute Gasteiger partial charge is 0.444 e. The van der Waals surface area contributed by atoms with Crippen LogP contribution in [0.5, 0.6) is 0 Å². The molecule has 1 fully saturated rings. The molecule has 0 aliphatic carbocycles. The van der Waals surface area contributed by atoms with Crippen molar-refractivity contribution >= 4 is 40.7 Å². The predicted molar refractivity (Wildman–Crippen MR) is 126 cm³/mol. The second-order valence-electron chi connectivity index (χ2n) is 8.74. The Hall–Kier alpha value is -2.97. The minimum atomic E-state index is -0.546. The van der Waals surface area contributed by atoms with Crippen molar-refractivity contribution in [2.45, 2.75) is 33.3 Å². The number of ether oxygens (including phenoxy) is 1. The Labute approximate surface area is 193 Å². The van der Waals surface area contributed by atoms with Crippen LogP contribution in [0.4, 0.5) is 21.9 Å². The van der Waals surface area contributed by atoms with E-state index in [1.54, 1.807) is 29.2 Å². The van der Waals surface area contributed by atoms with E-state index >= 15 is 0 Å². The Morgan fingerprint density at radius 1 is 1.03 bits per heavy atom. The average Bonchev–Trinajstić information content (AvgIpc) is 2.74. The molecule has 0 bridgehead atoms. The van der Waals surface area contributed by atoms with Gasteiger partial charge in [-0.2, -0.15) is 0 Å². The Morgan fingerprint density at radius 3 is 2.22 bits per heavy atom. The fourth-order valence-corrected chi connectivity index (χ4v) is 3.64. The molecule has 172 valence electrons. The van der Waals surface area contributed by atoms with Crippen molar-refractivity contribution in [1.82, 2.24) is 4.90 Å². The molecular formula is C23H29ClN4O4. The molecule has 2 aromatic carbocycles. The van der Waals surface area contributed by atoms with Gasteiger partial charge in [0.1, 0.15) is 5.60 Å². The lowest BCUT2D eigenvalue weighted by atomic mass is 10.1. The quantitative estimate of drug-likeness (QED) is 0.569. The van der Waals surface area contributed by atoms with Crippen LogP contribution in [-0.2, 0) is 4.74 Å². The van der Waals surface area contributed by atoms with Crippen LogP contribution in [0.2, 0.25) is 5.02 Å². The molecule has 0 radical (unpaired) electrons. The lowest BCUT2D eigenvalue weighted by Gasteiger charge is -2.37. The summed E-state index contributed by atoms with van der Waals surface area (Å²) in [6, 6.07) is 10.5. The van der Waals surface area contributed by atoms with Crippen molar-refractivity contribution < 1.29 is 19.5 Å². The fourth-order valence-electron chi connectivity index (χ4n) is 3.36. The number of hydrogen-bond acceptors (Lipinski definition) is 6. The first-order valence-electron chi connectivity index (χ1n) is 10.4. The van der Waals surface area contributed by atoms with Gasteiger partial charge in [0, 0.05) is 31.7 Å². The molecule has 2 amide bonds. The van der Waals surface area contributed by atoms with Crippen LogP contribution in [0.1, 0.15) is 36.7 Å². The van der Waals surface area contributed by atoms with Crippen molar-refractivity contribution in [3.63, 3.8) is 0 Å². The number of rotatable bonds is 4. The van der Waals surface area contributed by atoms with Gasteiger partial charge in [0.05, 0.1) is 22.1 Å². The van der Waals surface area contributed by atoms with E-state index in [1.165, 1.54) is 0 Å². The highest BCUT2D eigenvalue weighted by molar-refractivity contribution is 6.34. The summed E-state index contributed by atoms with van der Waals surface area (Å²) in [5.74, 6) is -0.301. The lowest BCUT2D eigenvalue weighted by Crippen LogP contribution is -2.50. The fraction of sp³-hybridized carbons (Fsp3) is 0.391. The molecule has 1 heterocycles. The summed E-state index contributed by atoms with van der Waals surface area (Å²) < 4.78 is 5.44. The summed E-state index contributed by atoms with van der Waals surface area (Å²) in [6.45, 7) is 9.53. The van der Waals surface area contributed by atoms with E-state index in [2.05, 4.69) is 10.8 Å². The van der Waals surface area contributed by atoms with Gasteiger partial charge in [-0.15, -0.1) is 0 Å². The summed E-state index contributed by atoms with van der Waals surface area (Å²) in [4.78, 5) is 28.7. The molecule has 0 atom stereocenters. The maximum atomic E-state index is 12.7. The molecule has 8 nitrogen and oxygen atoms in total. The second-order valence-corrected chi connectivity index (χ2v) is 9.14. The van der Waals surface area contributed by atoms with Gasteiger partial charge in [-0.1, -0.05) is 29.3 Å². The number of aryl methyl sites for hydroxylation is 1. The van der Waals surface area contributed by atoms with Crippen LogP contribution in [0.25, 0.3) is 0 Å². The van der Waals surface area contributed by atoms with Gasteiger partial charge in [0.25, 0.3) is 5.91 Å². The van der Waals surface area contributed by atoms with E-state index in [9.17, 15) is 14.8 Å². The van der Waals surface area contributed by atoms with Crippen LogP contribution in [0.3, 0.4) is 0 Å². The topological polar surface area (TPSA) is 94.1 Å². The normalized spacial score (nSPS) is 14.2. The van der Waals surface area contributed by atoms with Gasteiger partial charge in [0.2, 0.25) is 0 Å². The van der Waals surface area contributed by atoms with Crippen molar-refractivity contribution in [3.05, 3.63) is 52.5 Å². The summed E-state index contributed by atoms with van der Waals surface area (Å²) >= 11 is 6.46. The Kier molecular flexibility index (Phi) is 7.16. The third kappa shape index (κ3) is 5.83. The zero-order valence-electron chi connectivity index (χ0n) is 18.7. The van der Waals surface area contributed by atoms with Crippen molar-refractivity contribution in [2.24, 2.45) is 0 Å². The Bertz CT molecular complexity index is 981. The lowest BCUT2D eigenvalue weighted by molar-refractivity contribution is 0.0240. The first-order chi connectivity index (χ1) is 15.1. The molecule has 0 saturated carbocycles. The van der Waals surface area contributed by atoms with Crippen LogP contribution in [0.15, 0.2) is 36.4 Å². The average molecular weight is 461 g/mol. The van der Waals surface area contributed by atoms with Gasteiger partial charge >= 0.3 is 6.09 Å². The standard InChI is InChI=1S/C23H29ClN4O4/c1-15-5-7-16(8-6-15)21(29)25-18-14-20(17(24)13-19(18)26-31)27-9-11-28(12-10-27)22(30)32-23(2,3)4/h5-8,13-14,26,31H,9-12H2,1-4H3,(H,25,29). The van der Waals surface area contributed by atoms with E-state index in [-0.39, 0.29) is 17.7 Å². The zero-order chi connectivity index (χ0) is 23.5. The third-order valence-corrected chi connectivity index (χ3v) is 5.34. The van der Waals surface area contributed by atoms with Crippen LogP contribution in [0, 0.1) is 6.92 Å². The minimum absolute atomic E-state index is 0.284. The predicted octanol–water partition coefficient (Wildman–Crippen LogP) is 4.76. The first-order valence-corrected chi connectivity index (χ1v) is 10.8. The van der Waals surface area contributed by atoms with Crippen molar-refractivity contribution in [3.8, 4) is 0 Å². The summed E-state index contributed by atoms with van der Waals surface area (Å²) in [5, 5.41) is 12.8. The molecule has 3 rings (SSSR count). The first kappa shape index (κ1) is 23.7. The number of carbonyl (C=O) groups is 2. The molecule has 0 aromatic heterocycles. The monoisotopic (exact) mass is 460 g/mol. The van der Waals surface area contributed by atoms with Crippen LogP contribution < -0.4 is 15.7 Å². The van der Waals surface area contributed by atoms with E-state index in [0.717, 1.165) is 5.56 Å². The Balaban J connectivity index is 1.74. The van der Waals surface area contributed by atoms with Crippen LogP contribution in [-0.4, -0.2) is 53.9 Å². The second kappa shape index (κ2) is 9.67. The van der Waals surface area contributed by atoms with Gasteiger partial charge < -0.3 is 19.9 Å². The molecule has 2 aromatic rings. The SMILES string of the molecule is Cc1ccc(C(=O)Nc2cc(N3CCN(C(=O)OC(C)(C)C)CC3)c(Cl)cc2NO)cc1. The van der Waals surface area contributed by atoms with E-state index in [1.807, 2.05) is 44.7 Å². The van der Waals surface area contributed by atoms with Crippen molar-refractivity contribution in [2.75, 3.05) is 41.9 Å². The number of hydrogen-bond donors (Lipinski definition) is 3. The highest BCUT2D eigenvalue weighted by Crippen LogP contribution is 2.36. The number of halogens is 1. The number of carbonyl (C=O) groups excluding carboxylic acids is 2. The number of nitrogens with zero attached hydrogens (tertiary/aromatic N) is 2. The molecule has 1 aliphatic heterocycles. The number of anilines is 3. The summed E-state index contributed by atoms with van der Waals surface area (Å²) in [6.07, 6.45) is -0.339. The molecule has 3 N–H and O–H groups in total. The smallest absolute Gasteiger partial charge is 0.410 e. The molecule has 0 spiro atoms.